The number of nitrogens with zero attached hydrogens (tertiary/aromatic N) is 4. The maximum Gasteiger partial charge on any atom is 0.268 e. The molecule has 1 heterocycles. The van der Waals surface area contributed by atoms with Crippen LogP contribution in [-0.4, -0.2) is 72.0 Å². The van der Waals surface area contributed by atoms with Gasteiger partial charge in [-0.3, -0.25) is 19.4 Å². The normalized spacial score (nSPS) is 11.9. The smallest absolute Gasteiger partial charge is 0.268 e. The topological polar surface area (TPSA) is 149 Å². The van der Waals surface area contributed by atoms with Gasteiger partial charge in [-0.05, 0) is 17.8 Å². The Kier molecular flexibility index (Phi) is 6.69. The maximum absolute atomic E-state index is 13.2. The highest BCUT2D eigenvalue weighted by Gasteiger charge is 2.28. The molecule has 168 valence electrons. The molecule has 32 heavy (non-hydrogen) atoms. The number of likely N-dealkylation sites (N-methyl/N-ethyl adjacent to an activating group) is 1. The number of sulfonamides is 1. The fraction of sp³-hybridized carbons (Fsp3) is 0.158. The van der Waals surface area contributed by atoms with Gasteiger partial charge in [0.05, 0.1) is 10.6 Å². The first kappa shape index (κ1) is 23.1. The van der Waals surface area contributed by atoms with Gasteiger partial charge in [-0.2, -0.15) is 5.10 Å². The summed E-state index contributed by atoms with van der Waals surface area (Å²) in [7, 11) is -0.307. The van der Waals surface area contributed by atoms with Crippen LogP contribution in [0.25, 0.3) is 10.8 Å². The van der Waals surface area contributed by atoms with Crippen LogP contribution in [0.2, 0.25) is 0 Å². The lowest BCUT2D eigenvalue weighted by Gasteiger charge is -2.18. The Labute approximate surface area is 188 Å². The monoisotopic (exact) mass is 476 g/mol. The number of carbonyl (C=O) groups is 2. The number of phenols is 1. The number of hydrogen-bond donors (Lipinski definition) is 3. The SMILES string of the molecule is CN(C=O)/C=C(\C(=O)N(C)C)S(=O)(=O)Nc1cc(Sc2ncn[nH]2)c(O)c2ccccc12. The number of amides is 2. The summed E-state index contributed by atoms with van der Waals surface area (Å²) in [6, 6.07) is 8.08. The maximum atomic E-state index is 13.2. The Hall–Kier alpha value is -3.58. The van der Waals surface area contributed by atoms with Gasteiger partial charge in [-0.15, -0.1) is 0 Å². The minimum atomic E-state index is -4.42. The second kappa shape index (κ2) is 9.28. The number of H-pyrrole nitrogens is 1. The third kappa shape index (κ3) is 4.84. The summed E-state index contributed by atoms with van der Waals surface area (Å²) >= 11 is 1.05. The number of aromatic amines is 1. The molecule has 11 nitrogen and oxygen atoms in total. The molecular weight excluding hydrogens is 456 g/mol. The summed E-state index contributed by atoms with van der Waals surface area (Å²) in [4.78, 5) is 29.3. The predicted molar refractivity (Wildman–Crippen MR) is 119 cm³/mol. The number of carbonyl (C=O) groups excluding carboxylic acids is 2. The van der Waals surface area contributed by atoms with Crippen molar-refractivity contribution in [3.05, 3.63) is 47.8 Å². The highest BCUT2D eigenvalue weighted by Crippen LogP contribution is 2.42. The number of phenolic OH excluding ortho intramolecular Hbond substituents is 1. The molecule has 0 unspecified atom stereocenters. The van der Waals surface area contributed by atoms with Gasteiger partial charge in [0, 0.05) is 38.1 Å². The molecule has 0 spiro atoms. The Morgan fingerprint density at radius 2 is 1.91 bits per heavy atom. The van der Waals surface area contributed by atoms with Crippen molar-refractivity contribution in [2.75, 3.05) is 25.9 Å². The van der Waals surface area contributed by atoms with Gasteiger partial charge in [0.1, 0.15) is 12.1 Å². The van der Waals surface area contributed by atoms with Crippen molar-refractivity contribution in [1.82, 2.24) is 25.0 Å². The fourth-order valence-corrected chi connectivity index (χ4v) is 4.80. The summed E-state index contributed by atoms with van der Waals surface area (Å²) in [5.74, 6) is -0.878. The Balaban J connectivity index is 2.13. The van der Waals surface area contributed by atoms with Crippen molar-refractivity contribution >= 4 is 50.6 Å². The van der Waals surface area contributed by atoms with Crippen LogP contribution in [0.3, 0.4) is 0 Å². The average Bonchev–Trinajstić information content (AvgIpc) is 3.27. The van der Waals surface area contributed by atoms with Gasteiger partial charge >= 0.3 is 0 Å². The van der Waals surface area contributed by atoms with Gasteiger partial charge in [-0.1, -0.05) is 24.3 Å². The van der Waals surface area contributed by atoms with E-state index in [4.69, 9.17) is 0 Å². The highest BCUT2D eigenvalue weighted by atomic mass is 32.2. The van der Waals surface area contributed by atoms with E-state index in [-0.39, 0.29) is 11.4 Å². The van der Waals surface area contributed by atoms with Gasteiger partial charge < -0.3 is 14.9 Å². The molecule has 1 aromatic heterocycles. The molecule has 0 fully saturated rings. The average molecular weight is 477 g/mol. The predicted octanol–water partition coefficient (Wildman–Crippen LogP) is 1.57. The molecule has 0 aliphatic rings. The molecule has 3 rings (SSSR count). The molecule has 3 aromatic rings. The summed E-state index contributed by atoms with van der Waals surface area (Å²) in [5.41, 5.74) is 0.131. The lowest BCUT2D eigenvalue weighted by atomic mass is 10.1. The molecule has 0 saturated heterocycles. The molecule has 13 heteroatoms. The van der Waals surface area contributed by atoms with Crippen LogP contribution < -0.4 is 4.72 Å². The summed E-state index contributed by atoms with van der Waals surface area (Å²) in [6.07, 6.45) is 2.61. The van der Waals surface area contributed by atoms with Crippen molar-refractivity contribution in [2.45, 2.75) is 10.1 Å². The summed E-state index contributed by atoms with van der Waals surface area (Å²) < 4.78 is 28.8. The lowest BCUT2D eigenvalue weighted by Crippen LogP contribution is -2.31. The standard InChI is InChI=1S/C19H20N6O5S2/c1-24(2)18(28)16(9-25(3)11-26)32(29,30)23-14-8-15(31-19-20-10-21-22-19)17(27)13-7-5-4-6-12(13)14/h4-11,23,27H,1-3H3,(H,20,21,22)/b16-9+. The number of rotatable bonds is 8. The molecule has 0 radical (unpaired) electrons. The zero-order valence-electron chi connectivity index (χ0n) is 17.3. The second-order valence-corrected chi connectivity index (χ2v) is 9.46. The van der Waals surface area contributed by atoms with E-state index in [1.807, 2.05) is 0 Å². The number of aromatic nitrogens is 3. The molecule has 0 bridgehead atoms. The lowest BCUT2D eigenvalue weighted by molar-refractivity contribution is -0.124. The van der Waals surface area contributed by atoms with Gasteiger partial charge in [0.25, 0.3) is 15.9 Å². The Bertz CT molecular complexity index is 1290. The van der Waals surface area contributed by atoms with Crippen molar-refractivity contribution in [3.8, 4) is 5.75 Å². The molecule has 0 aliphatic heterocycles. The third-order valence-corrected chi connectivity index (χ3v) is 6.49. The van der Waals surface area contributed by atoms with Crippen molar-refractivity contribution in [3.63, 3.8) is 0 Å². The quantitative estimate of drug-likeness (QED) is 0.252. The van der Waals surface area contributed by atoms with Crippen LogP contribution in [0, 0.1) is 0 Å². The van der Waals surface area contributed by atoms with Gasteiger partial charge in [-0.25, -0.2) is 13.4 Å². The number of aromatic hydroxyl groups is 1. The van der Waals surface area contributed by atoms with Crippen molar-refractivity contribution < 1.29 is 23.1 Å². The third-order valence-electron chi connectivity index (χ3n) is 4.22. The molecule has 0 aliphatic carbocycles. The molecule has 3 N–H and O–H groups in total. The second-order valence-electron chi connectivity index (χ2n) is 6.78. The number of hydrogen-bond acceptors (Lipinski definition) is 8. The Morgan fingerprint density at radius 1 is 1.22 bits per heavy atom. The molecule has 2 amide bonds. The van der Waals surface area contributed by atoms with E-state index in [1.54, 1.807) is 24.3 Å². The van der Waals surface area contributed by atoms with E-state index in [0.717, 1.165) is 27.8 Å². The molecule has 2 aromatic carbocycles. The van der Waals surface area contributed by atoms with Crippen LogP contribution in [-0.2, 0) is 19.6 Å². The van der Waals surface area contributed by atoms with E-state index in [0.29, 0.717) is 27.2 Å². The van der Waals surface area contributed by atoms with E-state index >= 15 is 0 Å². The molecular formula is C19H20N6O5S2. The number of fused-ring (bicyclic) bond motifs is 1. The zero-order valence-corrected chi connectivity index (χ0v) is 18.9. The zero-order chi connectivity index (χ0) is 23.5. The van der Waals surface area contributed by atoms with Gasteiger partial charge in [0.2, 0.25) is 6.41 Å². The van der Waals surface area contributed by atoms with Crippen LogP contribution in [0.4, 0.5) is 5.69 Å². The fourth-order valence-electron chi connectivity index (χ4n) is 2.72. The molecule has 0 saturated carbocycles. The van der Waals surface area contributed by atoms with Crippen LogP contribution in [0.15, 0.2) is 57.8 Å². The first-order valence-electron chi connectivity index (χ1n) is 9.05. The highest BCUT2D eigenvalue weighted by molar-refractivity contribution is 7.99. The van der Waals surface area contributed by atoms with Crippen LogP contribution in [0.1, 0.15) is 0 Å². The van der Waals surface area contributed by atoms with E-state index in [9.17, 15) is 23.1 Å². The summed E-state index contributed by atoms with van der Waals surface area (Å²) in [6.45, 7) is 0. The Morgan fingerprint density at radius 3 is 2.50 bits per heavy atom. The van der Waals surface area contributed by atoms with Crippen LogP contribution >= 0.6 is 11.8 Å². The minimum absolute atomic E-state index is 0.0641. The van der Waals surface area contributed by atoms with Crippen molar-refractivity contribution in [1.29, 1.82) is 0 Å². The first-order valence-corrected chi connectivity index (χ1v) is 11.4. The number of anilines is 1. The largest absolute Gasteiger partial charge is 0.506 e. The minimum Gasteiger partial charge on any atom is -0.506 e. The van der Waals surface area contributed by atoms with E-state index in [2.05, 4.69) is 19.9 Å². The molecule has 0 atom stereocenters. The van der Waals surface area contributed by atoms with Crippen LogP contribution in [0.5, 0.6) is 5.75 Å². The van der Waals surface area contributed by atoms with E-state index in [1.165, 1.54) is 33.5 Å². The number of benzene rings is 2. The first-order chi connectivity index (χ1) is 15.1. The van der Waals surface area contributed by atoms with Crippen molar-refractivity contribution in [2.24, 2.45) is 0 Å². The number of nitrogens with one attached hydrogen (secondary N) is 2. The summed E-state index contributed by atoms with van der Waals surface area (Å²) in [5, 5.41) is 18.3. The van der Waals surface area contributed by atoms with Gasteiger partial charge in [0.15, 0.2) is 10.1 Å². The van der Waals surface area contributed by atoms with E-state index < -0.39 is 20.8 Å².